The number of halogens is 2. The molecule has 0 nitrogen and oxygen atoms in total. The van der Waals surface area contributed by atoms with E-state index in [9.17, 15) is 0 Å². The number of hydrogen-bond acceptors (Lipinski definition) is 0. The maximum atomic E-state index is 2.77. The third-order valence-corrected chi connectivity index (χ3v) is 37.9. The second-order valence-corrected chi connectivity index (χ2v) is 64.5. The molecule has 36 heavy (non-hydrogen) atoms. The van der Waals surface area contributed by atoms with Crippen molar-refractivity contribution in [2.75, 3.05) is 0 Å². The van der Waals surface area contributed by atoms with E-state index in [-0.39, 0.29) is 24.8 Å². The summed E-state index contributed by atoms with van der Waals surface area (Å²) in [7, 11) is -2.97. The molecule has 6 heteroatoms. The van der Waals surface area contributed by atoms with Gasteiger partial charge in [0.2, 0.25) is 0 Å². The minimum atomic E-state index is -3.57. The van der Waals surface area contributed by atoms with Crippen LogP contribution in [0.2, 0.25) is 48.6 Å². The van der Waals surface area contributed by atoms with Crippen LogP contribution >= 0.6 is 24.8 Å². The summed E-state index contributed by atoms with van der Waals surface area (Å²) >= 11 is -3.57. The van der Waals surface area contributed by atoms with E-state index in [4.69, 9.17) is 0 Å². The number of allylic oxidation sites excluding steroid dienone is 8. The van der Waals surface area contributed by atoms with Crippen molar-refractivity contribution in [3.05, 3.63) is 101 Å². The molecule has 2 aliphatic carbocycles. The van der Waals surface area contributed by atoms with Crippen molar-refractivity contribution in [1.82, 2.24) is 0 Å². The van der Waals surface area contributed by atoms with Crippen LogP contribution in [-0.4, -0.2) is 23.1 Å². The van der Waals surface area contributed by atoms with Crippen LogP contribution in [0, 0.1) is 0 Å². The van der Waals surface area contributed by atoms with Crippen molar-refractivity contribution >= 4 is 59.0 Å². The fraction of sp³-hybridized carbons (Fsp3) is 0.333. The van der Waals surface area contributed by atoms with Gasteiger partial charge in [-0.2, -0.15) is 0 Å². The number of hydrogen-bond donors (Lipinski definition) is 0. The molecule has 0 fully saturated rings. The molecule has 0 heterocycles. The summed E-state index contributed by atoms with van der Waals surface area (Å²) in [6, 6.07) is 22.3. The van der Waals surface area contributed by atoms with Gasteiger partial charge >= 0.3 is 214 Å². The smallest absolute Gasteiger partial charge is 0.147 e. The van der Waals surface area contributed by atoms with Gasteiger partial charge < -0.3 is 0 Å². The molecule has 0 radical (unpaired) electrons. The van der Waals surface area contributed by atoms with Crippen molar-refractivity contribution in [2.24, 2.45) is 0 Å². The average molecular weight is 738 g/mol. The molecule has 2 aromatic rings. The van der Waals surface area contributed by atoms with E-state index in [0.29, 0.717) is 0 Å². The van der Waals surface area contributed by atoms with Gasteiger partial charge in [-0.15, -0.1) is 24.8 Å². The average Bonchev–Trinajstić information content (AvgIpc) is 3.41. The Balaban J connectivity index is 0.00000228. The van der Waals surface area contributed by atoms with Crippen molar-refractivity contribution < 1.29 is 17.1 Å². The predicted molar refractivity (Wildman–Crippen MR) is 174 cm³/mol. The van der Waals surface area contributed by atoms with E-state index < -0.39 is 33.3 Å². The molecular formula is C30H44Cl2HfSi3. The molecule has 0 saturated carbocycles. The Labute approximate surface area is 236 Å². The Bertz CT molecular complexity index is 1220. The zero-order valence-corrected chi connectivity index (χ0v) is 32.0. The topological polar surface area (TPSA) is 0 Å². The molecule has 0 spiro atoms. The van der Waals surface area contributed by atoms with Crippen molar-refractivity contribution in [3.63, 3.8) is 0 Å². The van der Waals surface area contributed by atoms with E-state index in [1.807, 2.05) is 6.66 Å². The minimum absolute atomic E-state index is 0. The summed E-state index contributed by atoms with van der Waals surface area (Å²) in [5.74, 6) is 0. The molecule has 0 aromatic heterocycles. The molecule has 0 unspecified atom stereocenters. The molecule has 0 N–H and O–H groups in total. The number of rotatable bonds is 6. The third kappa shape index (κ3) is 6.21. The second-order valence-electron chi connectivity index (χ2n) is 13.4. The summed E-state index contributed by atoms with van der Waals surface area (Å²) in [6.07, 6.45) is 7.59. The SMILES string of the molecule is C[Si](C)(C)C1=[C]([Hf]([CH3])([CH3])(=[SiH2])[C]2=C([Si](C)(C)C)C=C(c3ccccc3)C2)CC(c2ccccc2)=C1.Cl.Cl. The van der Waals surface area contributed by atoms with Crippen molar-refractivity contribution in [1.29, 1.82) is 0 Å². The molecule has 0 atom stereocenters. The van der Waals surface area contributed by atoms with E-state index in [1.54, 1.807) is 21.5 Å². The van der Waals surface area contributed by atoms with Crippen LogP contribution in [0.5, 0.6) is 0 Å². The summed E-state index contributed by atoms with van der Waals surface area (Å²) < 4.78 is 9.32. The predicted octanol–water partition coefficient (Wildman–Crippen LogP) is 9.40. The molecule has 0 saturated heterocycles. The van der Waals surface area contributed by atoms with Gasteiger partial charge in [-0.3, -0.25) is 0 Å². The number of benzene rings is 2. The van der Waals surface area contributed by atoms with Crippen LogP contribution in [0.4, 0.5) is 0 Å². The van der Waals surface area contributed by atoms with Crippen LogP contribution < -0.4 is 0 Å². The molecule has 4 rings (SSSR count). The first-order valence-electron chi connectivity index (χ1n) is 12.7. The first-order chi connectivity index (χ1) is 15.7. The normalized spacial score (nSPS) is 16.9. The summed E-state index contributed by atoms with van der Waals surface area (Å²) in [5, 5.41) is 3.52. The van der Waals surface area contributed by atoms with Gasteiger partial charge in [0, 0.05) is 0 Å². The third-order valence-electron chi connectivity index (χ3n) is 7.86. The Morgan fingerprint density at radius 3 is 1.17 bits per heavy atom. The Morgan fingerprint density at radius 1 is 0.583 bits per heavy atom. The second kappa shape index (κ2) is 10.9. The first-order valence-corrected chi connectivity index (χ1v) is 38.9. The van der Waals surface area contributed by atoms with Gasteiger partial charge in [0.15, 0.2) is 0 Å². The minimum Gasteiger partial charge on any atom is -0.147 e. The molecule has 0 amide bonds. The molecular weight excluding hydrogens is 694 g/mol. The van der Waals surface area contributed by atoms with Crippen LogP contribution in [0.25, 0.3) is 11.1 Å². The largest absolute Gasteiger partial charge is 0.147 e. The summed E-state index contributed by atoms with van der Waals surface area (Å²) in [6.45, 7) is 17.8. The van der Waals surface area contributed by atoms with Crippen LogP contribution in [0.3, 0.4) is 0 Å². The first kappa shape index (κ1) is 31.7. The van der Waals surface area contributed by atoms with E-state index in [1.165, 1.54) is 24.0 Å². The summed E-state index contributed by atoms with van der Waals surface area (Å²) in [4.78, 5) is 0. The molecule has 0 bridgehead atoms. The molecule has 2 aromatic carbocycles. The quantitative estimate of drug-likeness (QED) is 0.259. The van der Waals surface area contributed by atoms with Gasteiger partial charge in [0.25, 0.3) is 0 Å². The zero-order chi connectivity index (χ0) is 25.0. The summed E-state index contributed by atoms with van der Waals surface area (Å²) in [5.41, 5.74) is 5.93. The van der Waals surface area contributed by atoms with Gasteiger partial charge in [-0.25, -0.2) is 0 Å². The molecule has 194 valence electrons. The van der Waals surface area contributed by atoms with Gasteiger partial charge in [-0.1, -0.05) is 0 Å². The van der Waals surface area contributed by atoms with Gasteiger partial charge in [0.05, 0.1) is 0 Å². The molecule has 0 aliphatic heterocycles. The Hall–Kier alpha value is -0.499. The van der Waals surface area contributed by atoms with Crippen LogP contribution in [0.15, 0.2) is 89.9 Å². The van der Waals surface area contributed by atoms with Crippen LogP contribution in [0.1, 0.15) is 24.0 Å². The zero-order valence-electron chi connectivity index (χ0n) is 23.4. The monoisotopic (exact) mass is 738 g/mol. The van der Waals surface area contributed by atoms with E-state index >= 15 is 0 Å². The fourth-order valence-electron chi connectivity index (χ4n) is 5.82. The van der Waals surface area contributed by atoms with Gasteiger partial charge in [0.1, 0.15) is 0 Å². The van der Waals surface area contributed by atoms with E-state index in [2.05, 4.69) is 128 Å². The fourth-order valence-corrected chi connectivity index (χ4v) is 45.2. The maximum Gasteiger partial charge on any atom is -0.147 e. The molecule has 2 aliphatic rings. The van der Waals surface area contributed by atoms with Crippen molar-refractivity contribution in [3.8, 4) is 0 Å². The van der Waals surface area contributed by atoms with Crippen molar-refractivity contribution in [2.45, 2.75) is 61.5 Å². The Kier molecular flexibility index (Phi) is 9.64. The van der Waals surface area contributed by atoms with Crippen LogP contribution in [-0.2, 0) is 17.1 Å². The maximum absolute atomic E-state index is 3.57. The Morgan fingerprint density at radius 2 is 0.889 bits per heavy atom. The standard InChI is InChI=1S/2C14H17Si.2CH3.2ClH.Hf.H2Si/c2*1-15(2,3)14-10-9-13(11-14)12-7-5-4-6-8-12;;;;;;/h2*4-8,11H,9H2,1-3H3;2*1H3;2*1H;;1H2. The van der Waals surface area contributed by atoms with E-state index in [0.717, 1.165) is 0 Å². The van der Waals surface area contributed by atoms with Gasteiger partial charge in [-0.05, 0) is 0 Å².